The van der Waals surface area contributed by atoms with Gasteiger partial charge < -0.3 is 4.74 Å². The molecule has 0 radical (unpaired) electrons. The minimum atomic E-state index is -4.01. The van der Waals surface area contributed by atoms with Crippen LogP contribution >= 0.6 is 0 Å². The zero-order chi connectivity index (χ0) is 16.0. The van der Waals surface area contributed by atoms with Crippen LogP contribution in [0.1, 0.15) is 6.04 Å². The molecule has 4 rings (SSSR count). The molecule has 10 heteroatoms. The lowest BCUT2D eigenvalue weighted by atomic mass is 10.0. The van der Waals surface area contributed by atoms with Crippen LogP contribution in [0.25, 0.3) is 11.3 Å². The van der Waals surface area contributed by atoms with Crippen molar-refractivity contribution in [3.8, 4) is 11.3 Å². The van der Waals surface area contributed by atoms with Crippen LogP contribution in [0.15, 0.2) is 30.5 Å². The van der Waals surface area contributed by atoms with E-state index < -0.39 is 28.6 Å². The fourth-order valence-electron chi connectivity index (χ4n) is 2.71. The van der Waals surface area contributed by atoms with Crippen molar-refractivity contribution >= 4 is 10.4 Å². The van der Waals surface area contributed by atoms with Gasteiger partial charge in [-0.3, -0.25) is 0 Å². The number of nitrogens with zero attached hydrogens (tertiary/aromatic N) is 3. The molecule has 3 heterocycles. The molecule has 0 amide bonds. The molecule has 122 valence electrons. The Morgan fingerprint density at radius 1 is 1.26 bits per heavy atom. The summed E-state index contributed by atoms with van der Waals surface area (Å²) < 4.78 is 52.8. The minimum Gasteiger partial charge on any atom is -0.376 e. The van der Waals surface area contributed by atoms with E-state index in [1.165, 1.54) is 16.8 Å². The highest BCUT2D eigenvalue weighted by molar-refractivity contribution is 7.82. The molecule has 2 fully saturated rings. The summed E-state index contributed by atoms with van der Waals surface area (Å²) in [6.45, 7) is 0.345. The number of rotatable bonds is 2. The molecule has 3 atom stereocenters. The van der Waals surface area contributed by atoms with Crippen molar-refractivity contribution in [3.63, 3.8) is 0 Å². The monoisotopic (exact) mass is 341 g/mol. The Kier molecular flexibility index (Phi) is 3.41. The van der Waals surface area contributed by atoms with Crippen molar-refractivity contribution in [2.24, 2.45) is 0 Å². The molecule has 0 aliphatic carbocycles. The number of benzene rings is 1. The van der Waals surface area contributed by atoms with Gasteiger partial charge in [-0.05, 0) is 12.1 Å². The first kappa shape index (κ1) is 14.7. The summed E-state index contributed by atoms with van der Waals surface area (Å²) in [4.78, 5) is 0. The standard InChI is InChI=1S/C13H12FN3O5S/c14-9-3-1-2-8(4-9)10-5-17(16-15-10)11-6-20-7-12-13(11)22-23(18,19)21-12/h1-5,11-13H,6-7H2/t11-,12-,13+/m0/s1. The second-order valence-corrected chi connectivity index (χ2v) is 6.50. The van der Waals surface area contributed by atoms with Gasteiger partial charge in [0.25, 0.3) is 0 Å². The number of aromatic nitrogens is 3. The Morgan fingerprint density at radius 3 is 2.96 bits per heavy atom. The van der Waals surface area contributed by atoms with Crippen molar-refractivity contribution < 1.29 is 25.9 Å². The Hall–Kier alpha value is -1.88. The molecule has 2 aliphatic rings. The number of hydrogen-bond acceptors (Lipinski definition) is 7. The summed E-state index contributed by atoms with van der Waals surface area (Å²) in [6, 6.07) is 5.46. The Balaban J connectivity index is 1.64. The van der Waals surface area contributed by atoms with Crippen LogP contribution in [0, 0.1) is 5.82 Å². The van der Waals surface area contributed by atoms with Crippen molar-refractivity contribution in [3.05, 3.63) is 36.3 Å². The molecule has 1 aromatic carbocycles. The summed E-state index contributed by atoms with van der Waals surface area (Å²) in [5, 5.41) is 7.99. The third-order valence-electron chi connectivity index (χ3n) is 3.76. The van der Waals surface area contributed by atoms with E-state index in [0.717, 1.165) is 0 Å². The van der Waals surface area contributed by atoms with Gasteiger partial charge in [0.15, 0.2) is 0 Å². The average Bonchev–Trinajstić information content (AvgIpc) is 3.09. The molecule has 0 N–H and O–H groups in total. The fourth-order valence-corrected chi connectivity index (χ4v) is 3.74. The summed E-state index contributed by atoms with van der Waals surface area (Å²) >= 11 is 0. The van der Waals surface area contributed by atoms with E-state index in [0.29, 0.717) is 11.3 Å². The normalized spacial score (nSPS) is 29.3. The lowest BCUT2D eigenvalue weighted by molar-refractivity contribution is -0.0577. The predicted octanol–water partition coefficient (Wildman–Crippen LogP) is 0.684. The fraction of sp³-hybridized carbons (Fsp3) is 0.385. The van der Waals surface area contributed by atoms with E-state index in [2.05, 4.69) is 10.3 Å². The molecule has 2 aliphatic heterocycles. The van der Waals surface area contributed by atoms with Crippen LogP contribution in [-0.4, -0.2) is 48.8 Å². The van der Waals surface area contributed by atoms with E-state index in [-0.39, 0.29) is 19.0 Å². The largest absolute Gasteiger partial charge is 0.400 e. The van der Waals surface area contributed by atoms with Gasteiger partial charge >= 0.3 is 10.4 Å². The Bertz CT molecular complexity index is 840. The van der Waals surface area contributed by atoms with Gasteiger partial charge in [0.05, 0.1) is 19.4 Å². The molecule has 8 nitrogen and oxygen atoms in total. The number of halogens is 1. The molecular weight excluding hydrogens is 329 g/mol. The highest BCUT2D eigenvalue weighted by Gasteiger charge is 2.48. The highest BCUT2D eigenvalue weighted by Crippen LogP contribution is 2.33. The van der Waals surface area contributed by atoms with Gasteiger partial charge in [-0.1, -0.05) is 17.3 Å². The maximum Gasteiger partial charge on any atom is 0.400 e. The first-order valence-corrected chi connectivity index (χ1v) is 8.22. The van der Waals surface area contributed by atoms with Crippen molar-refractivity contribution in [1.82, 2.24) is 15.0 Å². The Labute approximate surface area is 131 Å². The molecule has 2 aromatic rings. The number of fused-ring (bicyclic) bond motifs is 1. The van der Waals surface area contributed by atoms with E-state index in [1.807, 2.05) is 0 Å². The second kappa shape index (κ2) is 5.34. The Morgan fingerprint density at radius 2 is 2.13 bits per heavy atom. The zero-order valence-electron chi connectivity index (χ0n) is 11.7. The van der Waals surface area contributed by atoms with Crippen LogP contribution < -0.4 is 0 Å². The number of hydrogen-bond donors (Lipinski definition) is 0. The summed E-state index contributed by atoms with van der Waals surface area (Å²) in [7, 11) is -4.01. The molecule has 23 heavy (non-hydrogen) atoms. The third-order valence-corrected chi connectivity index (χ3v) is 4.70. The van der Waals surface area contributed by atoms with Crippen LogP contribution in [-0.2, 0) is 23.5 Å². The lowest BCUT2D eigenvalue weighted by Gasteiger charge is -2.29. The molecule has 0 bridgehead atoms. The lowest BCUT2D eigenvalue weighted by Crippen LogP contribution is -2.43. The topological polar surface area (TPSA) is 92.5 Å². The maximum absolute atomic E-state index is 13.3. The van der Waals surface area contributed by atoms with E-state index in [9.17, 15) is 12.8 Å². The minimum absolute atomic E-state index is 0.131. The van der Waals surface area contributed by atoms with Gasteiger partial charge in [0.1, 0.15) is 29.8 Å². The summed E-state index contributed by atoms with van der Waals surface area (Å²) in [6.07, 6.45) is 0.163. The molecular formula is C13H12FN3O5S. The van der Waals surface area contributed by atoms with E-state index in [4.69, 9.17) is 13.1 Å². The molecule has 0 unspecified atom stereocenters. The molecule has 0 spiro atoms. The van der Waals surface area contributed by atoms with Crippen molar-refractivity contribution in [1.29, 1.82) is 0 Å². The maximum atomic E-state index is 13.3. The van der Waals surface area contributed by atoms with Gasteiger partial charge in [0.2, 0.25) is 0 Å². The van der Waals surface area contributed by atoms with Crippen LogP contribution in [0.2, 0.25) is 0 Å². The quantitative estimate of drug-likeness (QED) is 0.793. The van der Waals surface area contributed by atoms with Gasteiger partial charge in [-0.25, -0.2) is 17.4 Å². The smallest absolute Gasteiger partial charge is 0.376 e. The summed E-state index contributed by atoms with van der Waals surface area (Å²) in [5.41, 5.74) is 1.04. The first-order valence-electron chi connectivity index (χ1n) is 6.89. The van der Waals surface area contributed by atoms with Gasteiger partial charge in [-0.15, -0.1) is 5.10 Å². The van der Waals surface area contributed by atoms with Crippen LogP contribution in [0.3, 0.4) is 0 Å². The average molecular weight is 341 g/mol. The van der Waals surface area contributed by atoms with Gasteiger partial charge in [0, 0.05) is 5.56 Å². The highest BCUT2D eigenvalue weighted by atomic mass is 32.3. The number of ether oxygens (including phenoxy) is 1. The summed E-state index contributed by atoms with van der Waals surface area (Å²) in [5.74, 6) is -0.378. The molecule has 1 aromatic heterocycles. The molecule has 0 saturated carbocycles. The van der Waals surface area contributed by atoms with Crippen LogP contribution in [0.5, 0.6) is 0 Å². The second-order valence-electron chi connectivity index (χ2n) is 5.30. The van der Waals surface area contributed by atoms with E-state index in [1.54, 1.807) is 18.3 Å². The zero-order valence-corrected chi connectivity index (χ0v) is 12.5. The van der Waals surface area contributed by atoms with E-state index >= 15 is 0 Å². The van der Waals surface area contributed by atoms with Crippen molar-refractivity contribution in [2.45, 2.75) is 18.2 Å². The third kappa shape index (κ3) is 2.74. The van der Waals surface area contributed by atoms with Crippen molar-refractivity contribution in [2.75, 3.05) is 13.2 Å². The first-order chi connectivity index (χ1) is 11.0. The molecule has 2 saturated heterocycles. The van der Waals surface area contributed by atoms with Gasteiger partial charge in [-0.2, -0.15) is 8.42 Å². The van der Waals surface area contributed by atoms with Crippen LogP contribution in [0.4, 0.5) is 4.39 Å². The predicted molar refractivity (Wildman–Crippen MR) is 73.9 cm³/mol. The SMILES string of the molecule is O=S1(=O)O[C@H]2[C@H](COC[C@@H]2n2cc(-c3cccc(F)c3)nn2)O1.